The molecule has 0 spiro atoms. The van der Waals surface area contributed by atoms with Gasteiger partial charge in [0, 0.05) is 11.8 Å². The van der Waals surface area contributed by atoms with Crippen molar-refractivity contribution in [3.8, 4) is 0 Å². The molecule has 0 aliphatic rings. The van der Waals surface area contributed by atoms with Gasteiger partial charge in [-0.15, -0.1) is 0 Å². The summed E-state index contributed by atoms with van der Waals surface area (Å²) in [6.07, 6.45) is 2.05. The first-order chi connectivity index (χ1) is 7.76. The molecule has 0 bridgehead atoms. The lowest BCUT2D eigenvalue weighted by Crippen LogP contribution is -2.33. The highest BCUT2D eigenvalue weighted by molar-refractivity contribution is 8.00. The molecule has 92 valence electrons. The van der Waals surface area contributed by atoms with Gasteiger partial charge in [0.1, 0.15) is 5.82 Å². The highest BCUT2D eigenvalue weighted by Crippen LogP contribution is 2.20. The number of hydrogen-bond donors (Lipinski definition) is 2. The normalized spacial score (nSPS) is 12.9. The molecule has 4 nitrogen and oxygen atoms in total. The standard InChI is InChI=1S/C10H19N3OS2/c1-3-5-11-9(7-14)4-6-15-10-12-8(2)13-16-10/h9,11,14H,3-7H2,1-2H3. The number of hydrogen-bond acceptors (Lipinski definition) is 6. The summed E-state index contributed by atoms with van der Waals surface area (Å²) in [6.45, 7) is 5.20. The smallest absolute Gasteiger partial charge is 0.170 e. The molecule has 0 aliphatic carbocycles. The first-order valence-electron chi connectivity index (χ1n) is 5.53. The number of nitrogens with one attached hydrogen (secondary N) is 1. The molecule has 1 aromatic heterocycles. The fourth-order valence-corrected chi connectivity index (χ4v) is 3.00. The molecular weight excluding hydrogens is 242 g/mol. The molecule has 1 atom stereocenters. The minimum absolute atomic E-state index is 0.204. The average molecular weight is 261 g/mol. The lowest BCUT2D eigenvalue weighted by molar-refractivity contribution is 0.240. The van der Waals surface area contributed by atoms with Crippen LogP contribution in [0.15, 0.2) is 4.34 Å². The van der Waals surface area contributed by atoms with Crippen LogP contribution in [0.25, 0.3) is 0 Å². The summed E-state index contributed by atoms with van der Waals surface area (Å²) in [7, 11) is 0. The van der Waals surface area contributed by atoms with Gasteiger partial charge in [-0.2, -0.15) is 4.37 Å². The summed E-state index contributed by atoms with van der Waals surface area (Å²) in [4.78, 5) is 4.28. The van der Waals surface area contributed by atoms with Crippen LogP contribution in [-0.2, 0) is 0 Å². The Morgan fingerprint density at radius 3 is 2.94 bits per heavy atom. The predicted molar refractivity (Wildman–Crippen MR) is 69.2 cm³/mol. The van der Waals surface area contributed by atoms with Crippen molar-refractivity contribution in [3.63, 3.8) is 0 Å². The van der Waals surface area contributed by atoms with Crippen molar-refractivity contribution in [2.75, 3.05) is 18.9 Å². The van der Waals surface area contributed by atoms with Gasteiger partial charge < -0.3 is 10.4 Å². The van der Waals surface area contributed by atoms with E-state index in [1.807, 2.05) is 6.92 Å². The lowest BCUT2D eigenvalue weighted by atomic mass is 10.2. The van der Waals surface area contributed by atoms with E-state index in [2.05, 4.69) is 21.6 Å². The maximum atomic E-state index is 9.16. The fourth-order valence-electron chi connectivity index (χ4n) is 1.23. The van der Waals surface area contributed by atoms with Crippen molar-refractivity contribution < 1.29 is 5.11 Å². The summed E-state index contributed by atoms with van der Waals surface area (Å²) in [5.74, 6) is 1.81. The summed E-state index contributed by atoms with van der Waals surface area (Å²) >= 11 is 3.16. The van der Waals surface area contributed by atoms with Crippen LogP contribution in [0, 0.1) is 6.92 Å². The Morgan fingerprint density at radius 1 is 1.56 bits per heavy atom. The van der Waals surface area contributed by atoms with Crippen LogP contribution in [-0.4, -0.2) is 39.4 Å². The molecule has 0 amide bonds. The SMILES string of the molecule is CCCNC(CO)CCSc1nc(C)ns1. The highest BCUT2D eigenvalue weighted by atomic mass is 32.2. The molecule has 0 radical (unpaired) electrons. The second-order valence-corrected chi connectivity index (χ2v) is 5.67. The van der Waals surface area contributed by atoms with Gasteiger partial charge in [-0.1, -0.05) is 18.7 Å². The minimum Gasteiger partial charge on any atom is -0.395 e. The largest absolute Gasteiger partial charge is 0.395 e. The van der Waals surface area contributed by atoms with Crippen LogP contribution in [0.1, 0.15) is 25.6 Å². The van der Waals surface area contributed by atoms with E-state index < -0.39 is 0 Å². The van der Waals surface area contributed by atoms with Crippen LogP contribution < -0.4 is 5.32 Å². The van der Waals surface area contributed by atoms with Gasteiger partial charge in [-0.05, 0) is 37.8 Å². The van der Waals surface area contributed by atoms with Gasteiger partial charge in [0.05, 0.1) is 6.61 Å². The molecule has 1 unspecified atom stereocenters. The maximum Gasteiger partial charge on any atom is 0.170 e. The third kappa shape index (κ3) is 5.25. The first kappa shape index (κ1) is 13.9. The van der Waals surface area contributed by atoms with Crippen molar-refractivity contribution in [2.24, 2.45) is 0 Å². The number of thioether (sulfide) groups is 1. The van der Waals surface area contributed by atoms with Crippen LogP contribution in [0.5, 0.6) is 0 Å². The number of aliphatic hydroxyl groups excluding tert-OH is 1. The van der Waals surface area contributed by atoms with Gasteiger partial charge in [0.25, 0.3) is 0 Å². The molecule has 1 heterocycles. The van der Waals surface area contributed by atoms with Crippen molar-refractivity contribution in [1.82, 2.24) is 14.7 Å². The van der Waals surface area contributed by atoms with Gasteiger partial charge in [-0.25, -0.2) is 4.98 Å². The van der Waals surface area contributed by atoms with Crippen molar-refractivity contribution in [3.05, 3.63) is 5.82 Å². The van der Waals surface area contributed by atoms with E-state index in [1.54, 1.807) is 11.8 Å². The van der Waals surface area contributed by atoms with E-state index in [-0.39, 0.29) is 12.6 Å². The molecule has 0 aliphatic heterocycles. The van der Waals surface area contributed by atoms with E-state index in [0.29, 0.717) is 0 Å². The second kappa shape index (κ2) is 8.00. The molecule has 2 N–H and O–H groups in total. The van der Waals surface area contributed by atoms with Crippen molar-refractivity contribution in [1.29, 1.82) is 0 Å². The second-order valence-electron chi connectivity index (χ2n) is 3.58. The Morgan fingerprint density at radius 2 is 2.38 bits per heavy atom. The molecule has 6 heteroatoms. The molecule has 0 fully saturated rings. The van der Waals surface area contributed by atoms with E-state index in [9.17, 15) is 0 Å². The zero-order chi connectivity index (χ0) is 11.8. The van der Waals surface area contributed by atoms with Crippen LogP contribution >= 0.6 is 23.3 Å². The Hall–Kier alpha value is -0.170. The number of aromatic nitrogens is 2. The number of rotatable bonds is 8. The number of aryl methyl sites for hydroxylation is 1. The summed E-state index contributed by atoms with van der Waals surface area (Å²) in [5.41, 5.74) is 0. The van der Waals surface area contributed by atoms with Crippen LogP contribution in [0.2, 0.25) is 0 Å². The Bertz CT molecular complexity index is 293. The van der Waals surface area contributed by atoms with Gasteiger partial charge in [0.2, 0.25) is 0 Å². The molecule has 0 saturated carbocycles. The summed E-state index contributed by atoms with van der Waals surface area (Å²) in [5, 5.41) is 12.5. The Labute approximate surface area is 105 Å². The van der Waals surface area contributed by atoms with Gasteiger partial charge >= 0.3 is 0 Å². The van der Waals surface area contributed by atoms with Crippen LogP contribution in [0.3, 0.4) is 0 Å². The van der Waals surface area contributed by atoms with E-state index in [0.717, 1.165) is 35.3 Å². The summed E-state index contributed by atoms with van der Waals surface area (Å²) in [6, 6.07) is 0.210. The lowest BCUT2D eigenvalue weighted by Gasteiger charge is -2.14. The zero-order valence-electron chi connectivity index (χ0n) is 9.77. The van der Waals surface area contributed by atoms with Gasteiger partial charge in [0.15, 0.2) is 4.34 Å². The predicted octanol–water partition coefficient (Wildman–Crippen LogP) is 1.69. The Balaban J connectivity index is 2.17. The zero-order valence-corrected chi connectivity index (χ0v) is 11.4. The van der Waals surface area contributed by atoms with Crippen LogP contribution in [0.4, 0.5) is 0 Å². The van der Waals surface area contributed by atoms with E-state index in [4.69, 9.17) is 5.11 Å². The summed E-state index contributed by atoms with van der Waals surface area (Å²) < 4.78 is 5.15. The molecule has 0 saturated heterocycles. The quantitative estimate of drug-likeness (QED) is 0.697. The average Bonchev–Trinajstić information content (AvgIpc) is 2.69. The van der Waals surface area contributed by atoms with Gasteiger partial charge in [-0.3, -0.25) is 0 Å². The van der Waals surface area contributed by atoms with E-state index in [1.165, 1.54) is 11.5 Å². The number of nitrogens with zero attached hydrogens (tertiary/aromatic N) is 2. The topological polar surface area (TPSA) is 58.0 Å². The third-order valence-electron chi connectivity index (χ3n) is 2.10. The molecule has 0 aromatic carbocycles. The Kier molecular flexibility index (Phi) is 6.95. The minimum atomic E-state index is 0.204. The van der Waals surface area contributed by atoms with Crippen molar-refractivity contribution >= 4 is 23.3 Å². The molecule has 1 aromatic rings. The monoisotopic (exact) mass is 261 g/mol. The third-order valence-corrected chi connectivity index (χ3v) is 4.06. The molecular formula is C10H19N3OS2. The fraction of sp³-hybridized carbons (Fsp3) is 0.800. The maximum absolute atomic E-state index is 9.16. The molecule has 1 rings (SSSR count). The van der Waals surface area contributed by atoms with Crippen molar-refractivity contribution in [2.45, 2.75) is 37.1 Å². The highest BCUT2D eigenvalue weighted by Gasteiger charge is 2.07. The first-order valence-corrected chi connectivity index (χ1v) is 7.29. The number of aliphatic hydroxyl groups is 1. The molecule has 16 heavy (non-hydrogen) atoms. The van der Waals surface area contributed by atoms with E-state index >= 15 is 0 Å².